The summed E-state index contributed by atoms with van der Waals surface area (Å²) in [5.41, 5.74) is 0. The predicted molar refractivity (Wildman–Crippen MR) is 158 cm³/mol. The fourth-order valence-electron chi connectivity index (χ4n) is 2.75. The first-order valence-electron chi connectivity index (χ1n) is 12.3. The van der Waals surface area contributed by atoms with E-state index in [1.165, 1.54) is 116 Å². The van der Waals surface area contributed by atoms with Crippen molar-refractivity contribution < 1.29 is 0 Å². The average Bonchev–Trinajstić information content (AvgIpc) is 2.74. The van der Waals surface area contributed by atoms with Crippen LogP contribution in [0.3, 0.4) is 0 Å². The Morgan fingerprint density at radius 1 is 0.276 bits per heavy atom. The topological polar surface area (TPSA) is 0 Å². The summed E-state index contributed by atoms with van der Waals surface area (Å²) in [6.07, 6.45) is 24.4. The molecule has 5 heteroatoms. The minimum Gasteiger partial charge on any atom is -0.179 e. The maximum atomic E-state index is 4.18. The molecule has 0 fully saturated rings. The van der Waals surface area contributed by atoms with Gasteiger partial charge in [0.2, 0.25) is 0 Å². The molecule has 0 atom stereocenters. The molecule has 0 aromatic rings. The van der Waals surface area contributed by atoms with Crippen LogP contribution < -0.4 is 0 Å². The van der Waals surface area contributed by atoms with Crippen molar-refractivity contribution in [2.75, 3.05) is 28.8 Å². The third-order valence-corrected chi connectivity index (χ3v) is 6.23. The molecule has 0 aromatic heterocycles. The van der Waals surface area contributed by atoms with E-state index in [9.17, 15) is 0 Å². The molecule has 0 radical (unpaired) electrons. The molecule has 0 saturated heterocycles. The molecule has 180 valence electrons. The van der Waals surface area contributed by atoms with Crippen molar-refractivity contribution in [3.63, 3.8) is 0 Å². The van der Waals surface area contributed by atoms with Gasteiger partial charge in [0.1, 0.15) is 0 Å². The summed E-state index contributed by atoms with van der Waals surface area (Å²) >= 11 is 20.8. The van der Waals surface area contributed by atoms with Crippen LogP contribution in [0.2, 0.25) is 0 Å². The Bertz CT molecular complexity index is 205. The molecule has 0 unspecified atom stereocenters. The molecule has 0 aliphatic heterocycles. The van der Waals surface area contributed by atoms with Crippen molar-refractivity contribution in [2.45, 2.75) is 122 Å². The maximum absolute atomic E-state index is 4.18. The third kappa shape index (κ3) is 48.4. The fraction of sp³-hybridized carbons (Fsp3) is 1.00. The summed E-state index contributed by atoms with van der Waals surface area (Å²) in [4.78, 5) is 0. The molecule has 0 aromatic carbocycles. The summed E-state index contributed by atoms with van der Waals surface area (Å²) < 4.78 is 0. The molecule has 0 rings (SSSR count). The number of hydrogen-bond donors (Lipinski definition) is 5. The number of thiol groups is 5. The molecule has 0 aliphatic rings. The summed E-state index contributed by atoms with van der Waals surface area (Å²) in [5, 5.41) is 0. The van der Waals surface area contributed by atoms with Crippen LogP contribution in [-0.4, -0.2) is 28.8 Å². The van der Waals surface area contributed by atoms with Gasteiger partial charge in [0, 0.05) is 0 Å². The molecule has 29 heavy (non-hydrogen) atoms. The normalized spacial score (nSPS) is 10.1. The smallest absolute Gasteiger partial charge is 0.00979 e. The lowest BCUT2D eigenvalue weighted by Crippen LogP contribution is -1.82. The summed E-state index contributed by atoms with van der Waals surface area (Å²) in [6.45, 7) is 2.22. The van der Waals surface area contributed by atoms with Crippen LogP contribution in [0.25, 0.3) is 0 Å². The zero-order valence-corrected chi connectivity index (χ0v) is 24.0. The first-order valence-corrected chi connectivity index (χ1v) is 15.5. The Balaban J connectivity index is -0.000000362. The van der Waals surface area contributed by atoms with E-state index in [-0.39, 0.29) is 0 Å². The van der Waals surface area contributed by atoms with E-state index >= 15 is 0 Å². The largest absolute Gasteiger partial charge is 0.179 e. The monoisotopic (exact) mass is 502 g/mol. The fourth-order valence-corrected chi connectivity index (χ4v) is 3.87. The summed E-state index contributed by atoms with van der Waals surface area (Å²) in [7, 11) is 0. The first-order chi connectivity index (χ1) is 14.2. The van der Waals surface area contributed by atoms with Gasteiger partial charge < -0.3 is 0 Å². The molecule has 0 aliphatic carbocycles. The molecular formula is C24H54S5. The van der Waals surface area contributed by atoms with Crippen LogP contribution in [0.15, 0.2) is 0 Å². The molecule has 0 heterocycles. The number of rotatable bonds is 20. The van der Waals surface area contributed by atoms with Crippen molar-refractivity contribution in [2.24, 2.45) is 0 Å². The van der Waals surface area contributed by atoms with Crippen LogP contribution in [0.4, 0.5) is 0 Å². The van der Waals surface area contributed by atoms with E-state index in [2.05, 4.69) is 70.1 Å². The van der Waals surface area contributed by atoms with E-state index in [1.54, 1.807) is 0 Å². The highest BCUT2D eigenvalue weighted by Gasteiger charge is 1.90. The standard InChI is InChI=1S/C10H22S2.C8H18S2.C6H14S/c11-9-7-5-3-1-2-4-6-8-10-12;9-7-5-3-1-2-4-6-8-10;1-2-3-4-5-6-7/h11-12H,1-10H2;9-10H,1-8H2;7H,2-6H2,1H3. The highest BCUT2D eigenvalue weighted by Crippen LogP contribution is 2.09. The van der Waals surface area contributed by atoms with Gasteiger partial charge in [-0.3, -0.25) is 0 Å². The third-order valence-electron chi connectivity index (χ3n) is 4.64. The van der Waals surface area contributed by atoms with E-state index in [1.807, 2.05) is 0 Å². The minimum atomic E-state index is 1.05. The van der Waals surface area contributed by atoms with Crippen LogP contribution in [0, 0.1) is 0 Å². The molecule has 0 nitrogen and oxygen atoms in total. The van der Waals surface area contributed by atoms with Gasteiger partial charge in [0.05, 0.1) is 0 Å². The van der Waals surface area contributed by atoms with Crippen molar-refractivity contribution in [3.8, 4) is 0 Å². The molecule has 0 saturated carbocycles. The van der Waals surface area contributed by atoms with Gasteiger partial charge in [-0.15, -0.1) is 0 Å². The quantitative estimate of drug-likeness (QED) is 0.0794. The van der Waals surface area contributed by atoms with Crippen LogP contribution in [0.1, 0.15) is 122 Å². The zero-order valence-electron chi connectivity index (χ0n) is 19.5. The Kier molecular flexibility index (Phi) is 48.9. The number of unbranched alkanes of at least 4 members (excludes halogenated alkanes) is 15. The Hall–Kier alpha value is 1.75. The van der Waals surface area contributed by atoms with Gasteiger partial charge in [0.25, 0.3) is 0 Å². The lowest BCUT2D eigenvalue weighted by atomic mass is 10.1. The zero-order chi connectivity index (χ0) is 22.3. The molecule has 0 spiro atoms. The molecule has 0 bridgehead atoms. The summed E-state index contributed by atoms with van der Waals surface area (Å²) in [5.74, 6) is 5.26. The number of hydrogen-bond acceptors (Lipinski definition) is 5. The molecule has 0 amide bonds. The highest BCUT2D eigenvalue weighted by atomic mass is 32.1. The second-order valence-electron chi connectivity index (χ2n) is 7.63. The Morgan fingerprint density at radius 2 is 0.448 bits per heavy atom. The molecule has 0 N–H and O–H groups in total. The predicted octanol–water partition coefficient (Wildman–Crippen LogP) is 9.65. The summed E-state index contributed by atoms with van der Waals surface area (Å²) in [6, 6.07) is 0. The van der Waals surface area contributed by atoms with Gasteiger partial charge in [0.15, 0.2) is 0 Å². The maximum Gasteiger partial charge on any atom is -0.00979 e. The van der Waals surface area contributed by atoms with Crippen LogP contribution in [0.5, 0.6) is 0 Å². The van der Waals surface area contributed by atoms with Gasteiger partial charge in [-0.25, -0.2) is 0 Å². The SMILES string of the molecule is CCCCCCS.SCCCCCCCCCCS.SCCCCCCCCS. The average molecular weight is 503 g/mol. The minimum absolute atomic E-state index is 1.05. The van der Waals surface area contributed by atoms with Crippen LogP contribution >= 0.6 is 63.1 Å². The highest BCUT2D eigenvalue weighted by molar-refractivity contribution is 7.80. The van der Waals surface area contributed by atoms with Gasteiger partial charge in [-0.2, -0.15) is 63.1 Å². The van der Waals surface area contributed by atoms with E-state index in [4.69, 9.17) is 0 Å². The van der Waals surface area contributed by atoms with Crippen molar-refractivity contribution >= 4 is 63.1 Å². The van der Waals surface area contributed by atoms with Gasteiger partial charge in [-0.1, -0.05) is 90.4 Å². The Morgan fingerprint density at radius 3 is 0.621 bits per heavy atom. The van der Waals surface area contributed by atoms with E-state index < -0.39 is 0 Å². The lowest BCUT2D eigenvalue weighted by Gasteiger charge is -1.99. The van der Waals surface area contributed by atoms with E-state index in [0.717, 1.165) is 28.8 Å². The second kappa shape index (κ2) is 40.1. The van der Waals surface area contributed by atoms with Crippen molar-refractivity contribution in [1.82, 2.24) is 0 Å². The Labute approximate surface area is 213 Å². The first kappa shape index (κ1) is 35.3. The molecular weight excluding hydrogens is 449 g/mol. The van der Waals surface area contributed by atoms with E-state index in [0.29, 0.717) is 0 Å². The van der Waals surface area contributed by atoms with Gasteiger partial charge in [-0.05, 0) is 60.9 Å². The van der Waals surface area contributed by atoms with Crippen LogP contribution in [-0.2, 0) is 0 Å². The lowest BCUT2D eigenvalue weighted by molar-refractivity contribution is 0.588. The van der Waals surface area contributed by atoms with Crippen molar-refractivity contribution in [1.29, 1.82) is 0 Å². The van der Waals surface area contributed by atoms with Gasteiger partial charge >= 0.3 is 0 Å². The van der Waals surface area contributed by atoms with Crippen molar-refractivity contribution in [3.05, 3.63) is 0 Å². The second-order valence-corrected chi connectivity index (χ2v) is 9.86.